The molecule has 0 heterocycles. The lowest BCUT2D eigenvalue weighted by atomic mass is 9.83. The second-order valence-electron chi connectivity index (χ2n) is 4.27. The van der Waals surface area contributed by atoms with E-state index in [2.05, 4.69) is 0 Å². The van der Waals surface area contributed by atoms with Gasteiger partial charge in [-0.1, -0.05) is 23.2 Å². The summed E-state index contributed by atoms with van der Waals surface area (Å²) in [6, 6.07) is 4.70. The lowest BCUT2D eigenvalue weighted by molar-refractivity contribution is -0.167. The first kappa shape index (κ1) is 15.8. The number of halogens is 2. The van der Waals surface area contributed by atoms with Crippen molar-refractivity contribution in [2.45, 2.75) is 20.3 Å². The van der Waals surface area contributed by atoms with Gasteiger partial charge in [-0.05, 0) is 37.6 Å². The standard InChI is InChI=1S/C13H14Cl2O4/c1-3-19-12(18)13(2,11(16)17)7-8-6-9(14)4-5-10(8)15/h4-6H,3,7H2,1-2H3,(H,16,17). The zero-order valence-corrected chi connectivity index (χ0v) is 12.1. The van der Waals surface area contributed by atoms with Crippen molar-refractivity contribution in [3.8, 4) is 0 Å². The van der Waals surface area contributed by atoms with Crippen molar-refractivity contribution in [3.63, 3.8) is 0 Å². The lowest BCUT2D eigenvalue weighted by Gasteiger charge is -2.23. The Hall–Kier alpha value is -1.26. The van der Waals surface area contributed by atoms with Crippen LogP contribution in [0.15, 0.2) is 18.2 Å². The van der Waals surface area contributed by atoms with Gasteiger partial charge in [-0.25, -0.2) is 0 Å². The highest BCUT2D eigenvalue weighted by Crippen LogP contribution is 2.30. The third-order valence-corrected chi connectivity index (χ3v) is 3.35. The van der Waals surface area contributed by atoms with Gasteiger partial charge in [0.1, 0.15) is 0 Å². The van der Waals surface area contributed by atoms with Gasteiger partial charge in [-0.2, -0.15) is 0 Å². The maximum absolute atomic E-state index is 11.8. The highest BCUT2D eigenvalue weighted by molar-refractivity contribution is 6.33. The molecule has 1 N–H and O–H groups in total. The average Bonchev–Trinajstić information content (AvgIpc) is 2.33. The van der Waals surface area contributed by atoms with Crippen LogP contribution in [-0.2, 0) is 20.7 Å². The number of hydrogen-bond acceptors (Lipinski definition) is 3. The van der Waals surface area contributed by atoms with E-state index in [9.17, 15) is 14.7 Å². The molecule has 0 spiro atoms. The number of esters is 1. The Morgan fingerprint density at radius 1 is 1.37 bits per heavy atom. The molecule has 104 valence electrons. The van der Waals surface area contributed by atoms with Crippen LogP contribution in [0.3, 0.4) is 0 Å². The maximum atomic E-state index is 11.8. The maximum Gasteiger partial charge on any atom is 0.323 e. The fraction of sp³-hybridized carbons (Fsp3) is 0.385. The number of carboxylic acids is 1. The highest BCUT2D eigenvalue weighted by atomic mass is 35.5. The number of carbonyl (C=O) groups excluding carboxylic acids is 1. The molecule has 0 amide bonds. The predicted molar refractivity (Wildman–Crippen MR) is 72.5 cm³/mol. The molecule has 0 aliphatic rings. The topological polar surface area (TPSA) is 63.6 Å². The van der Waals surface area contributed by atoms with E-state index in [4.69, 9.17) is 27.9 Å². The summed E-state index contributed by atoms with van der Waals surface area (Å²) in [4.78, 5) is 23.2. The summed E-state index contributed by atoms with van der Waals surface area (Å²) in [7, 11) is 0. The minimum absolute atomic E-state index is 0.0828. The highest BCUT2D eigenvalue weighted by Gasteiger charge is 2.43. The van der Waals surface area contributed by atoms with E-state index in [1.165, 1.54) is 6.92 Å². The molecule has 1 aromatic carbocycles. The van der Waals surface area contributed by atoms with Crippen molar-refractivity contribution in [2.75, 3.05) is 6.61 Å². The van der Waals surface area contributed by atoms with Crippen molar-refractivity contribution >= 4 is 35.1 Å². The number of carbonyl (C=O) groups is 2. The second kappa shape index (κ2) is 6.26. The van der Waals surface area contributed by atoms with Gasteiger partial charge in [0.15, 0.2) is 5.41 Å². The molecule has 0 aliphatic heterocycles. The van der Waals surface area contributed by atoms with Crippen LogP contribution >= 0.6 is 23.2 Å². The number of hydrogen-bond donors (Lipinski definition) is 1. The van der Waals surface area contributed by atoms with Crippen LogP contribution in [0, 0.1) is 5.41 Å². The van der Waals surface area contributed by atoms with E-state index in [1.54, 1.807) is 25.1 Å². The Kier molecular flexibility index (Phi) is 5.20. The van der Waals surface area contributed by atoms with Crippen molar-refractivity contribution in [3.05, 3.63) is 33.8 Å². The van der Waals surface area contributed by atoms with Gasteiger partial charge in [0, 0.05) is 16.5 Å². The average molecular weight is 305 g/mol. The van der Waals surface area contributed by atoms with Gasteiger partial charge in [-0.15, -0.1) is 0 Å². The van der Waals surface area contributed by atoms with Gasteiger partial charge >= 0.3 is 11.9 Å². The van der Waals surface area contributed by atoms with Crippen LogP contribution in [-0.4, -0.2) is 23.7 Å². The predicted octanol–water partition coefficient (Wildman–Crippen LogP) is 3.19. The summed E-state index contributed by atoms with van der Waals surface area (Å²) in [6.45, 7) is 3.04. The molecule has 19 heavy (non-hydrogen) atoms. The molecule has 0 aliphatic carbocycles. The van der Waals surface area contributed by atoms with Crippen molar-refractivity contribution < 1.29 is 19.4 Å². The number of ether oxygens (including phenoxy) is 1. The van der Waals surface area contributed by atoms with Crippen molar-refractivity contribution in [1.29, 1.82) is 0 Å². The molecule has 0 aromatic heterocycles. The molecule has 0 bridgehead atoms. The lowest BCUT2D eigenvalue weighted by Crippen LogP contribution is -2.40. The molecular formula is C13H14Cl2O4. The summed E-state index contributed by atoms with van der Waals surface area (Å²) < 4.78 is 4.81. The molecule has 0 radical (unpaired) electrons. The quantitative estimate of drug-likeness (QED) is 0.670. The van der Waals surface area contributed by atoms with Gasteiger partial charge in [-0.3, -0.25) is 9.59 Å². The minimum atomic E-state index is -1.69. The summed E-state index contributed by atoms with van der Waals surface area (Å²) in [5.74, 6) is -2.06. The third kappa shape index (κ3) is 3.61. The third-order valence-electron chi connectivity index (χ3n) is 2.75. The van der Waals surface area contributed by atoms with Gasteiger partial charge in [0.25, 0.3) is 0 Å². The molecule has 4 nitrogen and oxygen atoms in total. The summed E-state index contributed by atoms with van der Waals surface area (Å²) >= 11 is 11.8. The SMILES string of the molecule is CCOC(=O)C(C)(Cc1cc(Cl)ccc1Cl)C(=O)O. The van der Waals surface area contributed by atoms with E-state index in [1.807, 2.05) is 0 Å². The normalized spacial score (nSPS) is 13.7. The Morgan fingerprint density at radius 2 is 2.00 bits per heavy atom. The Morgan fingerprint density at radius 3 is 2.53 bits per heavy atom. The Balaban J connectivity index is 3.12. The van der Waals surface area contributed by atoms with Crippen molar-refractivity contribution in [2.24, 2.45) is 5.41 Å². The monoisotopic (exact) mass is 304 g/mol. The summed E-state index contributed by atoms with van der Waals surface area (Å²) in [6.07, 6.45) is -0.0828. The van der Waals surface area contributed by atoms with Gasteiger partial charge in [0.05, 0.1) is 6.61 Å². The molecule has 6 heteroatoms. The van der Waals surface area contributed by atoms with E-state index in [-0.39, 0.29) is 13.0 Å². The first-order valence-electron chi connectivity index (χ1n) is 5.65. The molecule has 0 saturated heterocycles. The first-order chi connectivity index (χ1) is 8.81. The molecule has 1 unspecified atom stereocenters. The molecule has 1 rings (SSSR count). The Bertz CT molecular complexity index is 501. The van der Waals surface area contributed by atoms with Crippen molar-refractivity contribution in [1.82, 2.24) is 0 Å². The zero-order chi connectivity index (χ0) is 14.6. The molecule has 0 saturated carbocycles. The van der Waals surface area contributed by atoms with Gasteiger partial charge < -0.3 is 9.84 Å². The first-order valence-corrected chi connectivity index (χ1v) is 6.41. The molecular weight excluding hydrogens is 291 g/mol. The van der Waals surface area contributed by atoms with Crippen LogP contribution in [0.2, 0.25) is 10.0 Å². The fourth-order valence-corrected chi connectivity index (χ4v) is 1.96. The van der Waals surface area contributed by atoms with Crippen LogP contribution in [0.25, 0.3) is 0 Å². The van der Waals surface area contributed by atoms with Gasteiger partial charge in [0.2, 0.25) is 0 Å². The van der Waals surface area contributed by atoms with E-state index in [0.29, 0.717) is 15.6 Å². The molecule has 1 aromatic rings. The minimum Gasteiger partial charge on any atom is -0.480 e. The number of rotatable bonds is 5. The Labute approximate surface area is 121 Å². The van der Waals surface area contributed by atoms with Crippen LogP contribution in [0.5, 0.6) is 0 Å². The molecule has 1 atom stereocenters. The van der Waals surface area contributed by atoms with E-state index < -0.39 is 17.4 Å². The fourth-order valence-electron chi connectivity index (χ4n) is 1.59. The smallest absolute Gasteiger partial charge is 0.323 e. The summed E-state index contributed by atoms with van der Waals surface area (Å²) in [5, 5.41) is 10.1. The number of carboxylic acid groups (broad SMARTS) is 1. The molecule has 0 fully saturated rings. The second-order valence-corrected chi connectivity index (χ2v) is 5.11. The van der Waals surface area contributed by atoms with Crippen LogP contribution in [0.1, 0.15) is 19.4 Å². The number of benzene rings is 1. The van der Waals surface area contributed by atoms with Crippen LogP contribution in [0.4, 0.5) is 0 Å². The largest absolute Gasteiger partial charge is 0.480 e. The van der Waals surface area contributed by atoms with E-state index >= 15 is 0 Å². The van der Waals surface area contributed by atoms with E-state index in [0.717, 1.165) is 0 Å². The number of aliphatic carboxylic acids is 1. The van der Waals surface area contributed by atoms with Crippen LogP contribution < -0.4 is 0 Å². The zero-order valence-electron chi connectivity index (χ0n) is 10.6. The summed E-state index contributed by atoms with van der Waals surface area (Å²) in [5.41, 5.74) is -1.20.